The number of rotatable bonds is 5. The zero-order valence-electron chi connectivity index (χ0n) is 13.2. The average Bonchev–Trinajstić information content (AvgIpc) is 3.04. The Morgan fingerprint density at radius 2 is 1.88 bits per heavy atom. The first kappa shape index (κ1) is 16.7. The maximum atomic E-state index is 12.2. The van der Waals surface area contributed by atoms with Crippen molar-refractivity contribution in [2.45, 2.75) is 19.4 Å². The molecule has 1 heterocycles. The summed E-state index contributed by atoms with van der Waals surface area (Å²) in [5, 5.41) is 6.56. The molecular weight excluding hydrogens is 340 g/mol. The van der Waals surface area contributed by atoms with Crippen molar-refractivity contribution in [3.8, 4) is 10.6 Å². The van der Waals surface area contributed by atoms with Crippen molar-refractivity contribution in [2.24, 2.45) is 0 Å². The molecule has 0 saturated heterocycles. The normalized spacial score (nSPS) is 11.9. The molecule has 1 aromatic heterocycles. The largest absolute Gasteiger partial charge is 0.349 e. The fourth-order valence-electron chi connectivity index (χ4n) is 2.39. The summed E-state index contributed by atoms with van der Waals surface area (Å²) in [6, 6.07) is 17.4. The lowest BCUT2D eigenvalue weighted by Crippen LogP contribution is -2.28. The second-order valence-electron chi connectivity index (χ2n) is 5.53. The average molecular weight is 357 g/mol. The first-order valence-corrected chi connectivity index (χ1v) is 8.92. The van der Waals surface area contributed by atoms with E-state index in [-0.39, 0.29) is 18.4 Å². The van der Waals surface area contributed by atoms with E-state index in [1.807, 2.05) is 66.9 Å². The Hall–Kier alpha value is -2.17. The molecule has 1 amide bonds. The summed E-state index contributed by atoms with van der Waals surface area (Å²) < 4.78 is 0. The zero-order chi connectivity index (χ0) is 16.9. The van der Waals surface area contributed by atoms with Crippen LogP contribution in [0.2, 0.25) is 5.02 Å². The van der Waals surface area contributed by atoms with Gasteiger partial charge < -0.3 is 5.32 Å². The van der Waals surface area contributed by atoms with Crippen LogP contribution in [-0.2, 0) is 11.2 Å². The molecule has 0 aliphatic carbocycles. The van der Waals surface area contributed by atoms with E-state index in [1.54, 1.807) is 11.3 Å². The lowest BCUT2D eigenvalue weighted by molar-refractivity contribution is -0.121. The van der Waals surface area contributed by atoms with Crippen LogP contribution in [0.5, 0.6) is 0 Å². The quantitative estimate of drug-likeness (QED) is 0.707. The smallest absolute Gasteiger partial charge is 0.226 e. The summed E-state index contributed by atoms with van der Waals surface area (Å²) in [7, 11) is 0. The third kappa shape index (κ3) is 4.22. The molecule has 0 spiro atoms. The van der Waals surface area contributed by atoms with Crippen molar-refractivity contribution < 1.29 is 4.79 Å². The fraction of sp³-hybridized carbons (Fsp3) is 0.158. The number of carbonyl (C=O) groups excluding carboxylic acids is 1. The minimum absolute atomic E-state index is 0.0395. The predicted octanol–water partition coefficient (Wildman–Crippen LogP) is 4.88. The SMILES string of the molecule is C[C@H](NC(=O)Cc1csc(-c2ccccc2)n1)c1ccc(Cl)cc1. The lowest BCUT2D eigenvalue weighted by Gasteiger charge is -2.14. The molecule has 3 nitrogen and oxygen atoms in total. The highest BCUT2D eigenvalue weighted by Gasteiger charge is 2.12. The number of nitrogens with one attached hydrogen (secondary N) is 1. The Bertz CT molecular complexity index is 815. The summed E-state index contributed by atoms with van der Waals surface area (Å²) in [4.78, 5) is 16.8. The van der Waals surface area contributed by atoms with Gasteiger partial charge in [-0.15, -0.1) is 11.3 Å². The van der Waals surface area contributed by atoms with Gasteiger partial charge in [0.15, 0.2) is 0 Å². The summed E-state index contributed by atoms with van der Waals surface area (Å²) in [6.07, 6.45) is 0.279. The molecule has 3 rings (SSSR count). The van der Waals surface area contributed by atoms with Crippen LogP contribution in [0.15, 0.2) is 60.0 Å². The van der Waals surface area contributed by atoms with Crippen LogP contribution in [0, 0.1) is 0 Å². The Kier molecular flexibility index (Phi) is 5.28. The number of hydrogen-bond acceptors (Lipinski definition) is 3. The molecule has 0 bridgehead atoms. The molecule has 0 aliphatic rings. The second kappa shape index (κ2) is 7.60. The van der Waals surface area contributed by atoms with Crippen molar-refractivity contribution in [1.29, 1.82) is 0 Å². The van der Waals surface area contributed by atoms with Crippen molar-refractivity contribution in [2.75, 3.05) is 0 Å². The van der Waals surface area contributed by atoms with E-state index in [2.05, 4.69) is 10.3 Å². The highest BCUT2D eigenvalue weighted by atomic mass is 35.5. The molecule has 24 heavy (non-hydrogen) atoms. The van der Waals surface area contributed by atoms with Gasteiger partial charge in [-0.3, -0.25) is 4.79 Å². The molecule has 1 N–H and O–H groups in total. The number of benzene rings is 2. The van der Waals surface area contributed by atoms with E-state index in [9.17, 15) is 4.79 Å². The molecule has 0 radical (unpaired) electrons. The predicted molar refractivity (Wildman–Crippen MR) is 99.3 cm³/mol. The van der Waals surface area contributed by atoms with Crippen LogP contribution in [0.25, 0.3) is 10.6 Å². The second-order valence-corrected chi connectivity index (χ2v) is 6.82. The van der Waals surface area contributed by atoms with E-state index in [1.165, 1.54) is 0 Å². The molecule has 122 valence electrons. The minimum Gasteiger partial charge on any atom is -0.349 e. The maximum absolute atomic E-state index is 12.2. The lowest BCUT2D eigenvalue weighted by atomic mass is 10.1. The molecule has 0 aliphatic heterocycles. The number of carbonyl (C=O) groups is 1. The van der Waals surface area contributed by atoms with Gasteiger partial charge in [0.2, 0.25) is 5.91 Å². The van der Waals surface area contributed by atoms with Gasteiger partial charge in [-0.05, 0) is 24.6 Å². The molecule has 0 saturated carbocycles. The first-order valence-electron chi connectivity index (χ1n) is 7.66. The number of aromatic nitrogens is 1. The Morgan fingerprint density at radius 1 is 1.17 bits per heavy atom. The van der Waals surface area contributed by atoms with E-state index in [4.69, 9.17) is 11.6 Å². The van der Waals surface area contributed by atoms with Crippen LogP contribution in [-0.4, -0.2) is 10.9 Å². The monoisotopic (exact) mass is 356 g/mol. The summed E-state index contributed by atoms with van der Waals surface area (Å²) in [5.41, 5.74) is 2.89. The van der Waals surface area contributed by atoms with Crippen molar-refractivity contribution in [3.05, 3.63) is 76.3 Å². The number of amides is 1. The Morgan fingerprint density at radius 3 is 2.58 bits per heavy atom. The number of halogens is 1. The fourth-order valence-corrected chi connectivity index (χ4v) is 3.35. The summed E-state index contributed by atoms with van der Waals surface area (Å²) >= 11 is 7.44. The van der Waals surface area contributed by atoms with Gasteiger partial charge in [0.05, 0.1) is 18.2 Å². The first-order chi connectivity index (χ1) is 11.6. The van der Waals surface area contributed by atoms with Gasteiger partial charge >= 0.3 is 0 Å². The van der Waals surface area contributed by atoms with Gasteiger partial charge in [0.1, 0.15) is 5.01 Å². The Labute approximate surface area is 150 Å². The molecule has 0 unspecified atom stereocenters. The van der Waals surface area contributed by atoms with Crippen LogP contribution in [0.3, 0.4) is 0 Å². The summed E-state index contributed by atoms with van der Waals surface area (Å²) in [6.45, 7) is 1.96. The van der Waals surface area contributed by atoms with E-state index in [0.717, 1.165) is 21.8 Å². The topological polar surface area (TPSA) is 42.0 Å². The van der Waals surface area contributed by atoms with Gasteiger partial charge in [0, 0.05) is 16.0 Å². The number of nitrogens with zero attached hydrogens (tertiary/aromatic N) is 1. The Balaban J connectivity index is 1.61. The van der Waals surface area contributed by atoms with Crippen LogP contribution >= 0.6 is 22.9 Å². The van der Waals surface area contributed by atoms with Crippen LogP contribution < -0.4 is 5.32 Å². The number of hydrogen-bond donors (Lipinski definition) is 1. The van der Waals surface area contributed by atoms with Gasteiger partial charge in [-0.25, -0.2) is 4.98 Å². The molecule has 2 aromatic carbocycles. The van der Waals surface area contributed by atoms with E-state index >= 15 is 0 Å². The standard InChI is InChI=1S/C19H17ClN2OS/c1-13(14-7-9-16(20)10-8-14)21-18(23)11-17-12-24-19(22-17)15-5-3-2-4-6-15/h2-10,12-13H,11H2,1H3,(H,21,23)/t13-/m0/s1. The molecule has 0 fully saturated rings. The van der Waals surface area contributed by atoms with Gasteiger partial charge in [-0.2, -0.15) is 0 Å². The van der Waals surface area contributed by atoms with Crippen molar-refractivity contribution >= 4 is 28.8 Å². The van der Waals surface area contributed by atoms with Crippen molar-refractivity contribution in [1.82, 2.24) is 10.3 Å². The molecule has 1 atom stereocenters. The van der Waals surface area contributed by atoms with Gasteiger partial charge in [0.25, 0.3) is 0 Å². The number of thiazole rings is 1. The van der Waals surface area contributed by atoms with Gasteiger partial charge in [-0.1, -0.05) is 54.1 Å². The zero-order valence-corrected chi connectivity index (χ0v) is 14.8. The van der Waals surface area contributed by atoms with Crippen molar-refractivity contribution in [3.63, 3.8) is 0 Å². The van der Waals surface area contributed by atoms with E-state index in [0.29, 0.717) is 5.02 Å². The molecular formula is C19H17ClN2OS. The third-order valence-electron chi connectivity index (χ3n) is 3.66. The molecule has 3 aromatic rings. The highest BCUT2D eigenvalue weighted by molar-refractivity contribution is 7.13. The third-order valence-corrected chi connectivity index (χ3v) is 4.85. The minimum atomic E-state index is -0.0676. The van der Waals surface area contributed by atoms with Crippen LogP contribution in [0.1, 0.15) is 24.2 Å². The molecule has 5 heteroatoms. The van der Waals surface area contributed by atoms with E-state index < -0.39 is 0 Å². The van der Waals surface area contributed by atoms with Crippen LogP contribution in [0.4, 0.5) is 0 Å². The highest BCUT2D eigenvalue weighted by Crippen LogP contribution is 2.23. The summed E-state index contributed by atoms with van der Waals surface area (Å²) in [5.74, 6) is -0.0395. The maximum Gasteiger partial charge on any atom is 0.226 e.